The Bertz CT molecular complexity index is 1490. The zero-order valence-corrected chi connectivity index (χ0v) is 22.5. The minimum atomic E-state index is -2.18. The van der Waals surface area contributed by atoms with Gasteiger partial charge in [0.1, 0.15) is 0 Å². The van der Waals surface area contributed by atoms with Crippen molar-refractivity contribution in [2.75, 3.05) is 0 Å². The van der Waals surface area contributed by atoms with Crippen LogP contribution in [0.25, 0.3) is 22.5 Å². The van der Waals surface area contributed by atoms with Crippen molar-refractivity contribution in [1.82, 2.24) is 9.97 Å². The van der Waals surface area contributed by atoms with Gasteiger partial charge in [-0.2, -0.15) is 0 Å². The molecule has 2 heterocycles. The summed E-state index contributed by atoms with van der Waals surface area (Å²) in [5, 5.41) is 0. The fourth-order valence-corrected chi connectivity index (χ4v) is 3.68. The predicted molar refractivity (Wildman–Crippen MR) is 145 cm³/mol. The van der Waals surface area contributed by atoms with E-state index < -0.39 is 13.7 Å². The van der Waals surface area contributed by atoms with Gasteiger partial charge in [0.05, 0.1) is 0 Å². The van der Waals surface area contributed by atoms with E-state index in [1.54, 1.807) is 12.1 Å². The normalized spacial score (nSPS) is 13.7. The van der Waals surface area contributed by atoms with E-state index in [9.17, 15) is 0 Å². The summed E-state index contributed by atoms with van der Waals surface area (Å²) in [6.07, 6.45) is 3.18. The summed E-state index contributed by atoms with van der Waals surface area (Å²) in [6.45, 7) is 0.153. The molecular formula is C33H30IrN2-2. The summed E-state index contributed by atoms with van der Waals surface area (Å²) in [5.74, 6) is 0. The Labute approximate surface area is 237 Å². The van der Waals surface area contributed by atoms with Gasteiger partial charge in [-0.1, -0.05) is 69.2 Å². The number of hydrogen-bond acceptors (Lipinski definition) is 2. The van der Waals surface area contributed by atoms with Crippen LogP contribution in [0, 0.1) is 25.8 Å². The first-order chi connectivity index (χ1) is 19.4. The molecule has 3 aromatic carbocycles. The van der Waals surface area contributed by atoms with Gasteiger partial charge < -0.3 is 9.97 Å². The van der Waals surface area contributed by atoms with E-state index in [4.69, 9.17) is 8.22 Å². The van der Waals surface area contributed by atoms with Crippen LogP contribution in [0.4, 0.5) is 0 Å². The zero-order chi connectivity index (χ0) is 29.7. The Hall–Kier alpha value is -3.39. The van der Waals surface area contributed by atoms with Crippen LogP contribution < -0.4 is 0 Å². The monoisotopic (exact) mass is 653 g/mol. The Morgan fingerprint density at radius 2 is 1.44 bits per heavy atom. The second-order valence-electron chi connectivity index (χ2n) is 8.62. The quantitative estimate of drug-likeness (QED) is 0.184. The molecule has 0 aliphatic carbocycles. The van der Waals surface area contributed by atoms with Crippen molar-refractivity contribution < 1.29 is 28.3 Å². The fraction of sp³-hybridized carbons (Fsp3) is 0.152. The van der Waals surface area contributed by atoms with E-state index in [-0.39, 0.29) is 36.6 Å². The Kier molecular flexibility index (Phi) is 6.88. The van der Waals surface area contributed by atoms with Crippen molar-refractivity contribution in [3.63, 3.8) is 0 Å². The molecule has 0 spiro atoms. The van der Waals surface area contributed by atoms with Gasteiger partial charge in [-0.3, -0.25) is 0 Å². The third-order valence-corrected chi connectivity index (χ3v) is 5.81. The number of rotatable bonds is 4. The Balaban J connectivity index is 0.000000225. The molecule has 0 fully saturated rings. The molecule has 3 heteroatoms. The van der Waals surface area contributed by atoms with E-state index >= 15 is 0 Å². The minimum absolute atomic E-state index is 0. The molecule has 5 rings (SSSR count). The average Bonchev–Trinajstić information content (AvgIpc) is 2.98. The van der Waals surface area contributed by atoms with Gasteiger partial charge in [0.15, 0.2) is 0 Å². The van der Waals surface area contributed by atoms with Crippen molar-refractivity contribution in [3.05, 3.63) is 144 Å². The summed E-state index contributed by atoms with van der Waals surface area (Å²) in [5.41, 5.74) is 6.06. The number of pyridine rings is 2. The van der Waals surface area contributed by atoms with E-state index in [0.29, 0.717) is 11.3 Å². The smallest absolute Gasteiger partial charge is 0.0280 e. The maximum atomic E-state index is 7.28. The van der Waals surface area contributed by atoms with Gasteiger partial charge >= 0.3 is 0 Å². The molecule has 0 aliphatic heterocycles. The fourth-order valence-electron chi connectivity index (χ4n) is 3.68. The molecule has 0 aliphatic rings. The van der Waals surface area contributed by atoms with Crippen LogP contribution in [0.3, 0.4) is 0 Å². The number of hydrogen-bond donors (Lipinski definition) is 0. The van der Waals surface area contributed by atoms with Crippen LogP contribution in [-0.2, 0) is 25.5 Å². The zero-order valence-electron chi connectivity index (χ0n) is 26.1. The summed E-state index contributed by atoms with van der Waals surface area (Å²) in [7, 11) is 0. The maximum Gasteiger partial charge on any atom is 0.0280 e. The summed E-state index contributed by atoms with van der Waals surface area (Å²) < 4.78 is 43.6. The first-order valence-electron chi connectivity index (χ1n) is 14.3. The van der Waals surface area contributed by atoms with E-state index in [2.05, 4.69) is 78.4 Å². The summed E-state index contributed by atoms with van der Waals surface area (Å²) >= 11 is 0. The van der Waals surface area contributed by atoms with Crippen LogP contribution in [0.1, 0.15) is 44.3 Å². The number of benzene rings is 3. The number of nitrogens with zero attached hydrogens (tertiary/aromatic N) is 2. The Morgan fingerprint density at radius 1 is 0.694 bits per heavy atom. The van der Waals surface area contributed by atoms with Crippen molar-refractivity contribution >= 4 is 0 Å². The molecule has 0 atom stereocenters. The van der Waals surface area contributed by atoms with Gasteiger partial charge in [0.25, 0.3) is 0 Å². The van der Waals surface area contributed by atoms with Gasteiger partial charge in [-0.15, -0.1) is 71.3 Å². The van der Waals surface area contributed by atoms with Crippen molar-refractivity contribution in [2.24, 2.45) is 0 Å². The molecule has 0 N–H and O–H groups in total. The second kappa shape index (κ2) is 12.5. The van der Waals surface area contributed by atoms with Crippen molar-refractivity contribution in [1.29, 1.82) is 0 Å². The maximum absolute atomic E-state index is 7.28. The average molecular weight is 653 g/mol. The van der Waals surface area contributed by atoms with Crippen LogP contribution in [0.5, 0.6) is 0 Å². The molecule has 0 amide bonds. The van der Waals surface area contributed by atoms with Crippen molar-refractivity contribution in [2.45, 2.75) is 33.0 Å². The van der Waals surface area contributed by atoms with Gasteiger partial charge in [-0.25, -0.2) is 0 Å². The van der Waals surface area contributed by atoms with Gasteiger partial charge in [0, 0.05) is 46.1 Å². The number of aromatic nitrogens is 2. The SMILES string of the molecule is CC(C)(c1ccccc1)c1ccnc(-c2[c-]cccc2)c1.[2H]C([2H])([2H])c1c[c-]c(-c2ccc(C([2H])([2H])[2H])cn2)cc1.[Ir]. The third kappa shape index (κ3) is 6.85. The minimum Gasteiger partial charge on any atom is -0.305 e. The molecule has 2 nitrogen and oxygen atoms in total. The van der Waals surface area contributed by atoms with E-state index in [1.165, 1.54) is 35.5 Å². The molecule has 36 heavy (non-hydrogen) atoms. The van der Waals surface area contributed by atoms with Crippen LogP contribution in [0.15, 0.2) is 109 Å². The molecule has 0 unspecified atom stereocenters. The molecule has 1 radical (unpaired) electrons. The molecule has 5 aromatic rings. The van der Waals surface area contributed by atoms with Crippen LogP contribution in [0.2, 0.25) is 0 Å². The predicted octanol–water partition coefficient (Wildman–Crippen LogP) is 8.04. The molecule has 0 saturated carbocycles. The standard InChI is InChI=1S/C20H18N.C13H12N.Ir/c1-20(2,17-11-7-4-8-12-17)18-13-14-21-19(15-18)16-9-5-3-6-10-16;1-10-3-6-12(7-4-10)13-8-5-11(2)9-14-13;/h3-9,11-15H,1-2H3;3-6,8-9H,1-2H3;/q2*-1;/i;1D3,2D3;. The molecule has 183 valence electrons. The summed E-state index contributed by atoms with van der Waals surface area (Å²) in [4.78, 5) is 8.56. The van der Waals surface area contributed by atoms with Crippen molar-refractivity contribution in [3.8, 4) is 22.5 Å². The first kappa shape index (κ1) is 19.8. The number of aryl methyl sites for hydroxylation is 2. The van der Waals surface area contributed by atoms with E-state index in [1.807, 2.05) is 30.5 Å². The molecule has 0 saturated heterocycles. The first-order valence-corrected chi connectivity index (χ1v) is 11.3. The van der Waals surface area contributed by atoms with Gasteiger partial charge in [0.2, 0.25) is 0 Å². The molecule has 0 bridgehead atoms. The third-order valence-electron chi connectivity index (χ3n) is 5.81. The second-order valence-corrected chi connectivity index (χ2v) is 8.62. The van der Waals surface area contributed by atoms with E-state index in [0.717, 1.165) is 11.3 Å². The Morgan fingerprint density at radius 3 is 2.08 bits per heavy atom. The molecule has 2 aromatic heterocycles. The van der Waals surface area contributed by atoms with Gasteiger partial charge in [-0.05, 0) is 41.0 Å². The van der Waals surface area contributed by atoms with Crippen LogP contribution >= 0.6 is 0 Å². The molecular weight excluding hydrogens is 617 g/mol. The van der Waals surface area contributed by atoms with Crippen LogP contribution in [-0.4, -0.2) is 9.97 Å². The largest absolute Gasteiger partial charge is 0.305 e. The topological polar surface area (TPSA) is 25.8 Å². The summed E-state index contributed by atoms with van der Waals surface area (Å²) in [6, 6.07) is 36.5.